The van der Waals surface area contributed by atoms with Gasteiger partial charge < -0.3 is 80.6 Å². The van der Waals surface area contributed by atoms with E-state index in [0.29, 0.717) is 6.42 Å². The monoisotopic (exact) mass is 917 g/mol. The van der Waals surface area contributed by atoms with Crippen LogP contribution >= 0.6 is 0 Å². The summed E-state index contributed by atoms with van der Waals surface area (Å²) in [5.74, 6) is -13.0. The number of nitrogens with two attached hydrogens (primary N) is 4. The van der Waals surface area contributed by atoms with Crippen LogP contribution in [-0.4, -0.2) is 153 Å². The first-order valence-corrected chi connectivity index (χ1v) is 20.6. The van der Waals surface area contributed by atoms with E-state index in [2.05, 4.69) is 37.2 Å². The van der Waals surface area contributed by atoms with Gasteiger partial charge in [-0.15, -0.1) is 0 Å². The van der Waals surface area contributed by atoms with Gasteiger partial charge in [0.1, 0.15) is 48.3 Å². The minimum absolute atomic E-state index is 0.0626. The zero-order valence-electron chi connectivity index (χ0n) is 36.7. The molecule has 64 heavy (non-hydrogen) atoms. The van der Waals surface area contributed by atoms with Crippen LogP contribution in [0.25, 0.3) is 0 Å². The van der Waals surface area contributed by atoms with E-state index >= 15 is 0 Å². The topological polar surface area (TPSA) is 457 Å². The molecule has 0 saturated heterocycles. The second-order valence-corrected chi connectivity index (χ2v) is 16.0. The molecule has 0 fully saturated rings. The molecule has 0 aliphatic heterocycles. The second kappa shape index (κ2) is 29.4. The van der Waals surface area contributed by atoms with E-state index < -0.39 is 152 Å². The molecule has 26 heteroatoms. The molecule has 0 aromatic carbocycles. The van der Waals surface area contributed by atoms with Gasteiger partial charge in [0.25, 0.3) is 0 Å². The number of amides is 9. The van der Waals surface area contributed by atoms with Gasteiger partial charge >= 0.3 is 11.9 Å². The molecule has 0 bridgehead atoms. The van der Waals surface area contributed by atoms with Gasteiger partial charge in [-0.05, 0) is 63.8 Å². The molecule has 364 valence electrons. The molecule has 0 aromatic heterocycles. The predicted molar refractivity (Wildman–Crippen MR) is 224 cm³/mol. The average molecular weight is 918 g/mol. The van der Waals surface area contributed by atoms with E-state index in [-0.39, 0.29) is 44.1 Å². The van der Waals surface area contributed by atoms with Crippen LogP contribution in [0.2, 0.25) is 0 Å². The smallest absolute Gasteiger partial charge is 0.326 e. The van der Waals surface area contributed by atoms with Crippen LogP contribution in [0.3, 0.4) is 0 Å². The number of unbranched alkanes of at least 4 members (excludes halogenated alkanes) is 1. The molecule has 0 aromatic rings. The summed E-state index contributed by atoms with van der Waals surface area (Å²) in [6.07, 6.45) is -3.68. The summed E-state index contributed by atoms with van der Waals surface area (Å²) in [7, 11) is 0. The minimum Gasteiger partial charge on any atom is -0.481 e. The Morgan fingerprint density at radius 3 is 1.28 bits per heavy atom. The predicted octanol–water partition coefficient (Wildman–Crippen LogP) is -6.00. The van der Waals surface area contributed by atoms with Crippen molar-refractivity contribution in [2.24, 2.45) is 34.8 Å². The normalized spacial score (nSPS) is 15.4. The largest absolute Gasteiger partial charge is 0.481 e. The molecule has 0 aliphatic carbocycles. The van der Waals surface area contributed by atoms with Gasteiger partial charge in [0.2, 0.25) is 53.2 Å². The Hall–Kier alpha value is -5.99. The van der Waals surface area contributed by atoms with Crippen LogP contribution in [0, 0.1) is 11.8 Å². The zero-order chi connectivity index (χ0) is 49.4. The maximum absolute atomic E-state index is 13.9. The van der Waals surface area contributed by atoms with Crippen LogP contribution in [0.5, 0.6) is 0 Å². The third-order valence-electron chi connectivity index (χ3n) is 9.24. The number of primary amides is 2. The van der Waals surface area contributed by atoms with E-state index in [4.69, 9.17) is 28.0 Å². The van der Waals surface area contributed by atoms with Crippen LogP contribution in [0.4, 0.5) is 0 Å². The highest BCUT2D eigenvalue weighted by Crippen LogP contribution is 2.11. The van der Waals surface area contributed by atoms with Gasteiger partial charge in [-0.3, -0.25) is 47.9 Å². The number of aliphatic hydroxyl groups is 2. The van der Waals surface area contributed by atoms with E-state index in [0.717, 1.165) is 0 Å². The van der Waals surface area contributed by atoms with Gasteiger partial charge in [0.15, 0.2) is 0 Å². The summed E-state index contributed by atoms with van der Waals surface area (Å²) < 4.78 is 0. The lowest BCUT2D eigenvalue weighted by Gasteiger charge is -2.28. The summed E-state index contributed by atoms with van der Waals surface area (Å²) in [4.78, 5) is 140. The number of carbonyl (C=O) groups excluding carboxylic acids is 9. The number of carbonyl (C=O) groups is 11. The number of carboxylic acid groups (broad SMARTS) is 2. The molecule has 0 spiro atoms. The molecular weight excluding hydrogens is 850 g/mol. The quantitative estimate of drug-likeness (QED) is 0.0279. The lowest BCUT2D eigenvalue weighted by atomic mass is 10.00. The highest BCUT2D eigenvalue weighted by atomic mass is 16.4. The SMILES string of the molecule is CC(C)C[C@H](NC(=O)[C@H](CC(N)=O)NC(=O)[C@H](CC(C)C)NC(=O)[C@H](CO)NC(=O)[C@@H](N)[C@@H](C)O)C(=O)N[C@@H](CCC(N)=O)C(=O)N[C@@H](CCCCN)C(=O)N[C@@H](CC(=O)O)C(=O)O. The van der Waals surface area contributed by atoms with Crippen molar-refractivity contribution < 1.29 is 73.2 Å². The lowest BCUT2D eigenvalue weighted by molar-refractivity contribution is -0.147. The van der Waals surface area contributed by atoms with Crippen molar-refractivity contribution in [1.82, 2.24) is 37.2 Å². The number of hydrogen-bond acceptors (Lipinski definition) is 15. The summed E-state index contributed by atoms with van der Waals surface area (Å²) in [5.41, 5.74) is 21.9. The van der Waals surface area contributed by atoms with E-state index in [1.807, 2.05) is 0 Å². The Morgan fingerprint density at radius 2 is 0.891 bits per heavy atom. The highest BCUT2D eigenvalue weighted by molar-refractivity contribution is 5.99. The van der Waals surface area contributed by atoms with E-state index in [1.54, 1.807) is 27.7 Å². The fourth-order valence-corrected chi connectivity index (χ4v) is 5.82. The van der Waals surface area contributed by atoms with Crippen LogP contribution in [0.15, 0.2) is 0 Å². The van der Waals surface area contributed by atoms with E-state index in [1.165, 1.54) is 6.92 Å². The van der Waals surface area contributed by atoms with Gasteiger partial charge in [-0.25, -0.2) is 4.79 Å². The third-order valence-corrected chi connectivity index (χ3v) is 9.24. The highest BCUT2D eigenvalue weighted by Gasteiger charge is 2.35. The Labute approximate surface area is 369 Å². The van der Waals surface area contributed by atoms with Crippen molar-refractivity contribution in [1.29, 1.82) is 0 Å². The van der Waals surface area contributed by atoms with Crippen molar-refractivity contribution in [3.05, 3.63) is 0 Å². The summed E-state index contributed by atoms with van der Waals surface area (Å²) in [5, 5.41) is 54.1. The minimum atomic E-state index is -1.87. The first-order valence-electron chi connectivity index (χ1n) is 20.6. The van der Waals surface area contributed by atoms with Crippen molar-refractivity contribution in [3.8, 4) is 0 Å². The zero-order valence-corrected chi connectivity index (χ0v) is 36.7. The Kier molecular flexibility index (Phi) is 26.6. The van der Waals surface area contributed by atoms with Crippen molar-refractivity contribution in [2.45, 2.75) is 147 Å². The van der Waals surface area contributed by atoms with Gasteiger partial charge in [0, 0.05) is 6.42 Å². The lowest BCUT2D eigenvalue weighted by Crippen LogP contribution is -2.61. The first kappa shape index (κ1) is 58.0. The fraction of sp³-hybridized carbons (Fsp3) is 0.711. The molecule has 0 heterocycles. The number of aliphatic hydroxyl groups excluding tert-OH is 2. The molecule has 9 amide bonds. The third kappa shape index (κ3) is 22.9. The molecule has 0 saturated carbocycles. The van der Waals surface area contributed by atoms with Crippen molar-refractivity contribution in [3.63, 3.8) is 0 Å². The fourth-order valence-electron chi connectivity index (χ4n) is 5.82. The van der Waals surface area contributed by atoms with E-state index in [9.17, 15) is 68.1 Å². The molecule has 26 nitrogen and oxygen atoms in total. The van der Waals surface area contributed by atoms with Crippen molar-refractivity contribution in [2.75, 3.05) is 13.2 Å². The first-order chi connectivity index (χ1) is 29.7. The Balaban J connectivity index is 6.55. The van der Waals surface area contributed by atoms with Crippen LogP contribution in [0.1, 0.15) is 92.4 Å². The average Bonchev–Trinajstić information content (AvgIpc) is 3.18. The molecular formula is C38H67N11O15. The number of rotatable bonds is 32. The number of hydrogen-bond donors (Lipinski definition) is 15. The number of carboxylic acids is 2. The maximum Gasteiger partial charge on any atom is 0.326 e. The molecule has 0 radical (unpaired) electrons. The summed E-state index contributed by atoms with van der Waals surface area (Å²) in [6, 6.07) is -12.7. The molecule has 19 N–H and O–H groups in total. The van der Waals surface area contributed by atoms with Gasteiger partial charge in [0.05, 0.1) is 25.6 Å². The Bertz CT molecular complexity index is 1650. The van der Waals surface area contributed by atoms with Gasteiger partial charge in [-0.2, -0.15) is 0 Å². The van der Waals surface area contributed by atoms with Crippen LogP contribution < -0.4 is 60.2 Å². The number of aliphatic carboxylic acids is 2. The summed E-state index contributed by atoms with van der Waals surface area (Å²) >= 11 is 0. The molecule has 0 unspecified atom stereocenters. The van der Waals surface area contributed by atoms with Crippen LogP contribution in [-0.2, 0) is 52.7 Å². The van der Waals surface area contributed by atoms with Gasteiger partial charge in [-0.1, -0.05) is 27.7 Å². The Morgan fingerprint density at radius 1 is 0.500 bits per heavy atom. The molecule has 0 aliphatic rings. The van der Waals surface area contributed by atoms with Crippen molar-refractivity contribution >= 4 is 65.1 Å². The standard InChI is InChI=1S/C38H67N11O15/c1-17(2)12-22(33(58)44-21(9-10-27(40)52)32(57)43-20(8-6-7-11-39)31(56)48-25(38(63)64)15-29(54)55)45-35(60)24(14-28(41)53)47-34(59)23(13-18(3)4)46-36(61)26(16-50)49-37(62)30(42)19(5)51/h17-26,30,50-51H,6-16,39,42H2,1-5H3,(H2,40,52)(H2,41,53)(H,43,57)(H,44,58)(H,45,60)(H,46,61)(H,47,59)(H,48,56)(H,49,62)(H,54,55)(H,63,64)/t19-,20+,21+,22+,23+,24+,25+,26+,30+/m1/s1. The maximum atomic E-state index is 13.9. The molecule has 0 rings (SSSR count). The summed E-state index contributed by atoms with van der Waals surface area (Å²) in [6.45, 7) is 7.19. The molecule has 9 atom stereocenters. The number of nitrogens with one attached hydrogen (secondary N) is 7. The second-order valence-electron chi connectivity index (χ2n) is 16.0.